The van der Waals surface area contributed by atoms with Gasteiger partial charge in [-0.3, -0.25) is 0 Å². The third kappa shape index (κ3) is 2.18. The van der Waals surface area contributed by atoms with E-state index in [1.807, 2.05) is 42.5 Å². The van der Waals surface area contributed by atoms with E-state index >= 15 is 0 Å². The molecule has 5 heteroatoms. The predicted molar refractivity (Wildman–Crippen MR) is 87.6 cm³/mol. The van der Waals surface area contributed by atoms with Crippen molar-refractivity contribution in [2.45, 2.75) is 6.42 Å². The summed E-state index contributed by atoms with van der Waals surface area (Å²) >= 11 is 3.44. The minimum Gasteiger partial charge on any atom is -0.493 e. The zero-order valence-corrected chi connectivity index (χ0v) is 13.5. The van der Waals surface area contributed by atoms with E-state index in [-0.39, 0.29) is 0 Å². The van der Waals surface area contributed by atoms with E-state index in [4.69, 9.17) is 9.47 Å². The number of hydrogen-bond acceptors (Lipinski definition) is 3. The van der Waals surface area contributed by atoms with Crippen LogP contribution in [0.1, 0.15) is 11.3 Å². The number of H-pyrrole nitrogens is 1. The Labute approximate surface area is 136 Å². The van der Waals surface area contributed by atoms with E-state index in [9.17, 15) is 0 Å². The Hall–Kier alpha value is -2.27. The summed E-state index contributed by atoms with van der Waals surface area (Å²) < 4.78 is 12.4. The molecule has 1 aromatic heterocycles. The standard InChI is InChI=1S/C17H13BrN2O2/c1-21-14-4-2-3-11-9-13-17(22-15(11)14)20-16(19-13)10-5-7-12(18)8-6-10/h2-8H,9H2,1H3,(H,19,20). The number of nitrogens with zero attached hydrogens (tertiary/aromatic N) is 1. The number of rotatable bonds is 2. The number of ether oxygens (including phenoxy) is 2. The van der Waals surface area contributed by atoms with Crippen molar-refractivity contribution in [3.63, 3.8) is 0 Å². The Balaban J connectivity index is 1.74. The van der Waals surface area contributed by atoms with Crippen LogP contribution >= 0.6 is 15.9 Å². The summed E-state index contributed by atoms with van der Waals surface area (Å²) in [4.78, 5) is 7.93. The van der Waals surface area contributed by atoms with Crippen molar-refractivity contribution in [1.82, 2.24) is 9.97 Å². The molecule has 0 unspecified atom stereocenters. The van der Waals surface area contributed by atoms with Crippen LogP contribution in [-0.2, 0) is 6.42 Å². The Morgan fingerprint density at radius 2 is 2.00 bits per heavy atom. The highest BCUT2D eigenvalue weighted by molar-refractivity contribution is 9.10. The predicted octanol–water partition coefficient (Wildman–Crippen LogP) is 4.54. The van der Waals surface area contributed by atoms with Gasteiger partial charge in [0.25, 0.3) is 0 Å². The topological polar surface area (TPSA) is 47.1 Å². The van der Waals surface area contributed by atoms with Crippen LogP contribution in [0.15, 0.2) is 46.9 Å². The minimum atomic E-state index is 0.620. The molecule has 0 saturated carbocycles. The molecule has 2 aromatic carbocycles. The molecule has 0 saturated heterocycles. The highest BCUT2D eigenvalue weighted by Gasteiger charge is 2.24. The van der Waals surface area contributed by atoms with Crippen LogP contribution in [0.25, 0.3) is 11.4 Å². The molecule has 0 fully saturated rings. The zero-order valence-electron chi connectivity index (χ0n) is 11.9. The largest absolute Gasteiger partial charge is 0.493 e. The fraction of sp³-hybridized carbons (Fsp3) is 0.118. The molecule has 110 valence electrons. The number of methoxy groups -OCH3 is 1. The summed E-state index contributed by atoms with van der Waals surface area (Å²) in [5.74, 6) is 2.92. The number of hydrogen-bond donors (Lipinski definition) is 1. The van der Waals surface area contributed by atoms with Gasteiger partial charge in [0.1, 0.15) is 5.82 Å². The second kappa shape index (κ2) is 5.18. The molecule has 0 spiro atoms. The average Bonchev–Trinajstić information content (AvgIpc) is 2.95. The van der Waals surface area contributed by atoms with Crippen molar-refractivity contribution in [3.05, 3.63) is 58.2 Å². The van der Waals surface area contributed by atoms with E-state index in [1.165, 1.54) is 0 Å². The molecule has 0 amide bonds. The van der Waals surface area contributed by atoms with Crippen LogP contribution in [0, 0.1) is 0 Å². The van der Waals surface area contributed by atoms with Gasteiger partial charge in [-0.05, 0) is 18.2 Å². The normalized spacial score (nSPS) is 12.3. The van der Waals surface area contributed by atoms with Gasteiger partial charge in [0, 0.05) is 22.0 Å². The first-order valence-corrected chi connectivity index (χ1v) is 7.72. The molecule has 1 aliphatic rings. The van der Waals surface area contributed by atoms with Gasteiger partial charge in [0.15, 0.2) is 11.5 Å². The van der Waals surface area contributed by atoms with E-state index in [2.05, 4.69) is 25.9 Å². The molecule has 1 N–H and O–H groups in total. The Morgan fingerprint density at radius 3 is 2.77 bits per heavy atom. The van der Waals surface area contributed by atoms with E-state index in [0.29, 0.717) is 5.88 Å². The third-order valence-electron chi connectivity index (χ3n) is 3.70. The fourth-order valence-corrected chi connectivity index (χ4v) is 2.87. The lowest BCUT2D eigenvalue weighted by molar-refractivity contribution is 0.366. The van der Waals surface area contributed by atoms with Crippen LogP contribution in [-0.4, -0.2) is 17.1 Å². The van der Waals surface area contributed by atoms with Crippen LogP contribution in [0.4, 0.5) is 0 Å². The lowest BCUT2D eigenvalue weighted by atomic mass is 10.1. The lowest BCUT2D eigenvalue weighted by Gasteiger charge is -2.17. The van der Waals surface area contributed by atoms with Crippen molar-refractivity contribution in [1.29, 1.82) is 0 Å². The van der Waals surface area contributed by atoms with Crippen molar-refractivity contribution < 1.29 is 9.47 Å². The maximum atomic E-state index is 5.95. The quantitative estimate of drug-likeness (QED) is 0.573. The maximum Gasteiger partial charge on any atom is 0.241 e. The Bertz CT molecular complexity index is 840. The number of halogens is 1. The second-order valence-electron chi connectivity index (χ2n) is 5.10. The van der Waals surface area contributed by atoms with Crippen LogP contribution in [0.2, 0.25) is 0 Å². The molecule has 0 atom stereocenters. The van der Waals surface area contributed by atoms with Crippen molar-refractivity contribution in [3.8, 4) is 28.8 Å². The molecule has 0 aliphatic carbocycles. The minimum absolute atomic E-state index is 0.620. The highest BCUT2D eigenvalue weighted by atomic mass is 79.9. The molecule has 22 heavy (non-hydrogen) atoms. The molecule has 1 aliphatic heterocycles. The van der Waals surface area contributed by atoms with Crippen LogP contribution in [0.3, 0.4) is 0 Å². The third-order valence-corrected chi connectivity index (χ3v) is 4.23. The van der Waals surface area contributed by atoms with Gasteiger partial charge in [0.05, 0.1) is 12.8 Å². The molecule has 4 rings (SSSR count). The van der Waals surface area contributed by atoms with Gasteiger partial charge >= 0.3 is 0 Å². The number of nitrogens with one attached hydrogen (secondary N) is 1. The first-order valence-electron chi connectivity index (χ1n) is 6.93. The van der Waals surface area contributed by atoms with E-state index in [0.717, 1.165) is 45.0 Å². The molecular formula is C17H13BrN2O2. The van der Waals surface area contributed by atoms with Gasteiger partial charge in [-0.1, -0.05) is 40.2 Å². The van der Waals surface area contributed by atoms with Gasteiger partial charge in [0.2, 0.25) is 5.88 Å². The number of aromatic nitrogens is 2. The summed E-state index contributed by atoms with van der Waals surface area (Å²) in [6.45, 7) is 0. The fourth-order valence-electron chi connectivity index (χ4n) is 2.61. The first kappa shape index (κ1) is 13.4. The number of aromatic amines is 1. The molecule has 0 radical (unpaired) electrons. The second-order valence-corrected chi connectivity index (χ2v) is 6.02. The summed E-state index contributed by atoms with van der Waals surface area (Å²) in [5, 5.41) is 0. The van der Waals surface area contributed by atoms with Crippen molar-refractivity contribution >= 4 is 15.9 Å². The summed E-state index contributed by atoms with van der Waals surface area (Å²) in [7, 11) is 1.65. The van der Waals surface area contributed by atoms with Crippen LogP contribution < -0.4 is 9.47 Å². The van der Waals surface area contributed by atoms with Crippen LogP contribution in [0.5, 0.6) is 17.4 Å². The monoisotopic (exact) mass is 356 g/mol. The van der Waals surface area contributed by atoms with E-state index in [1.54, 1.807) is 7.11 Å². The summed E-state index contributed by atoms with van der Waals surface area (Å²) in [6, 6.07) is 13.9. The number of imidazole rings is 1. The summed E-state index contributed by atoms with van der Waals surface area (Å²) in [6.07, 6.45) is 0.755. The van der Waals surface area contributed by atoms with Gasteiger partial charge < -0.3 is 14.5 Å². The van der Waals surface area contributed by atoms with Crippen molar-refractivity contribution in [2.24, 2.45) is 0 Å². The Kier molecular flexibility index (Phi) is 3.15. The molecule has 0 bridgehead atoms. The zero-order chi connectivity index (χ0) is 15.1. The molecule has 2 heterocycles. The molecular weight excluding hydrogens is 344 g/mol. The Morgan fingerprint density at radius 1 is 1.18 bits per heavy atom. The first-order chi connectivity index (χ1) is 10.7. The number of para-hydroxylation sites is 1. The number of benzene rings is 2. The van der Waals surface area contributed by atoms with Gasteiger partial charge in [-0.25, -0.2) is 0 Å². The lowest BCUT2D eigenvalue weighted by Crippen LogP contribution is -2.04. The van der Waals surface area contributed by atoms with E-state index < -0.39 is 0 Å². The van der Waals surface area contributed by atoms with Crippen molar-refractivity contribution in [2.75, 3.05) is 7.11 Å². The number of fused-ring (bicyclic) bond motifs is 2. The molecule has 3 aromatic rings. The van der Waals surface area contributed by atoms with Gasteiger partial charge in [-0.2, -0.15) is 4.98 Å². The SMILES string of the molecule is COc1cccc2c1Oc1nc(-c3ccc(Br)cc3)[nH]c1C2. The molecule has 4 nitrogen and oxygen atoms in total. The highest BCUT2D eigenvalue weighted by Crippen LogP contribution is 2.41. The van der Waals surface area contributed by atoms with Gasteiger partial charge in [-0.15, -0.1) is 0 Å². The maximum absolute atomic E-state index is 5.95. The smallest absolute Gasteiger partial charge is 0.241 e. The average molecular weight is 357 g/mol. The summed E-state index contributed by atoms with van der Waals surface area (Å²) in [5.41, 5.74) is 3.11.